The summed E-state index contributed by atoms with van der Waals surface area (Å²) in [5, 5.41) is 6.05. The van der Waals surface area contributed by atoms with Crippen LogP contribution < -0.4 is 10.6 Å². The Labute approximate surface area is 102 Å². The largest absolute Gasteiger partial charge is 0.385 e. The fraction of sp³-hybridized carbons (Fsp3) is 0.462. The van der Waals surface area contributed by atoms with Gasteiger partial charge in [-0.05, 0) is 19.1 Å². The van der Waals surface area contributed by atoms with Gasteiger partial charge in [0.05, 0.1) is 6.61 Å². The van der Waals surface area contributed by atoms with Crippen LogP contribution in [0, 0.1) is 0 Å². The molecule has 1 aromatic rings. The summed E-state index contributed by atoms with van der Waals surface area (Å²) in [6.07, 6.45) is 0.461. The van der Waals surface area contributed by atoms with Gasteiger partial charge in [0.2, 0.25) is 5.91 Å². The molecule has 0 aliphatic heterocycles. The Balaban J connectivity index is 2.16. The number of para-hydroxylation sites is 1. The molecule has 94 valence electrons. The average molecular weight is 236 g/mol. The smallest absolute Gasteiger partial charge is 0.222 e. The molecule has 1 atom stereocenters. The molecule has 0 saturated heterocycles. The lowest BCUT2D eigenvalue weighted by molar-refractivity contribution is -0.121. The molecule has 0 radical (unpaired) electrons. The maximum atomic E-state index is 11.5. The molecule has 2 N–H and O–H groups in total. The summed E-state index contributed by atoms with van der Waals surface area (Å²) in [6.45, 7) is 3.10. The summed E-state index contributed by atoms with van der Waals surface area (Å²) in [5.74, 6) is 0.0398. The minimum Gasteiger partial charge on any atom is -0.385 e. The maximum absolute atomic E-state index is 11.5. The highest BCUT2D eigenvalue weighted by atomic mass is 16.5. The maximum Gasteiger partial charge on any atom is 0.222 e. The first kappa shape index (κ1) is 13.5. The molecule has 4 heteroatoms. The van der Waals surface area contributed by atoms with Gasteiger partial charge in [0.15, 0.2) is 0 Å². The van der Waals surface area contributed by atoms with E-state index in [0.717, 1.165) is 5.69 Å². The highest BCUT2D eigenvalue weighted by molar-refractivity contribution is 5.76. The van der Waals surface area contributed by atoms with E-state index in [1.54, 1.807) is 7.11 Å². The number of carbonyl (C=O) groups is 1. The van der Waals surface area contributed by atoms with Crippen LogP contribution in [0.25, 0.3) is 0 Å². The summed E-state index contributed by atoms with van der Waals surface area (Å²) < 4.78 is 4.95. The van der Waals surface area contributed by atoms with Crippen LogP contribution in [0.15, 0.2) is 30.3 Å². The molecule has 0 saturated carbocycles. The van der Waals surface area contributed by atoms with Gasteiger partial charge in [-0.15, -0.1) is 0 Å². The summed E-state index contributed by atoms with van der Waals surface area (Å²) in [6, 6.07) is 9.90. The normalized spacial score (nSPS) is 11.9. The molecule has 1 aromatic carbocycles. The van der Waals surface area contributed by atoms with Gasteiger partial charge in [-0.25, -0.2) is 0 Å². The number of rotatable bonds is 7. The van der Waals surface area contributed by atoms with E-state index in [-0.39, 0.29) is 11.9 Å². The van der Waals surface area contributed by atoms with E-state index in [9.17, 15) is 4.79 Å². The first-order valence-electron chi connectivity index (χ1n) is 5.79. The van der Waals surface area contributed by atoms with E-state index in [1.165, 1.54) is 0 Å². The SMILES string of the molecule is COCC(C)NC(=O)CCNc1ccccc1. The number of hydrogen-bond donors (Lipinski definition) is 2. The van der Waals surface area contributed by atoms with Crippen LogP contribution in [0.3, 0.4) is 0 Å². The Morgan fingerprint density at radius 2 is 2.06 bits per heavy atom. The van der Waals surface area contributed by atoms with E-state index in [0.29, 0.717) is 19.6 Å². The van der Waals surface area contributed by atoms with Gasteiger partial charge in [-0.1, -0.05) is 18.2 Å². The van der Waals surface area contributed by atoms with E-state index < -0.39 is 0 Å². The summed E-state index contributed by atoms with van der Waals surface area (Å²) >= 11 is 0. The Morgan fingerprint density at radius 3 is 2.71 bits per heavy atom. The van der Waals surface area contributed by atoms with Crippen molar-refractivity contribution in [3.05, 3.63) is 30.3 Å². The van der Waals surface area contributed by atoms with E-state index >= 15 is 0 Å². The van der Waals surface area contributed by atoms with Gasteiger partial charge in [0.25, 0.3) is 0 Å². The molecule has 17 heavy (non-hydrogen) atoms. The minimum absolute atomic E-state index is 0.0398. The molecule has 0 heterocycles. The fourth-order valence-electron chi connectivity index (χ4n) is 1.52. The zero-order chi connectivity index (χ0) is 12.5. The number of ether oxygens (including phenoxy) is 1. The third-order valence-electron chi connectivity index (χ3n) is 2.28. The van der Waals surface area contributed by atoms with Gasteiger partial charge in [0, 0.05) is 31.8 Å². The first-order chi connectivity index (χ1) is 8.22. The van der Waals surface area contributed by atoms with Gasteiger partial charge in [-0.3, -0.25) is 4.79 Å². The Morgan fingerprint density at radius 1 is 1.35 bits per heavy atom. The fourth-order valence-corrected chi connectivity index (χ4v) is 1.52. The van der Waals surface area contributed by atoms with Crippen molar-refractivity contribution in [3.63, 3.8) is 0 Å². The second-order valence-electron chi connectivity index (χ2n) is 3.97. The van der Waals surface area contributed by atoms with Crippen LogP contribution in [-0.4, -0.2) is 32.2 Å². The van der Waals surface area contributed by atoms with Crippen LogP contribution in [-0.2, 0) is 9.53 Å². The molecular formula is C13H20N2O2. The first-order valence-corrected chi connectivity index (χ1v) is 5.79. The van der Waals surface area contributed by atoms with Gasteiger partial charge < -0.3 is 15.4 Å². The Hall–Kier alpha value is -1.55. The van der Waals surface area contributed by atoms with Crippen molar-refractivity contribution in [2.24, 2.45) is 0 Å². The van der Waals surface area contributed by atoms with E-state index in [1.807, 2.05) is 37.3 Å². The number of amides is 1. The lowest BCUT2D eigenvalue weighted by Crippen LogP contribution is -2.36. The summed E-state index contributed by atoms with van der Waals surface area (Å²) in [4.78, 5) is 11.5. The number of anilines is 1. The van der Waals surface area contributed by atoms with E-state index in [4.69, 9.17) is 4.74 Å². The van der Waals surface area contributed by atoms with Crippen molar-refractivity contribution < 1.29 is 9.53 Å². The average Bonchev–Trinajstić information content (AvgIpc) is 2.30. The third kappa shape index (κ3) is 5.92. The zero-order valence-electron chi connectivity index (χ0n) is 10.4. The van der Waals surface area contributed by atoms with Crippen molar-refractivity contribution in [2.75, 3.05) is 25.6 Å². The number of benzene rings is 1. The predicted octanol–water partition coefficient (Wildman–Crippen LogP) is 1.64. The number of carbonyl (C=O) groups excluding carboxylic acids is 1. The highest BCUT2D eigenvalue weighted by Crippen LogP contribution is 2.04. The van der Waals surface area contributed by atoms with Crippen LogP contribution >= 0.6 is 0 Å². The van der Waals surface area contributed by atoms with Gasteiger partial charge >= 0.3 is 0 Å². The number of hydrogen-bond acceptors (Lipinski definition) is 3. The lowest BCUT2D eigenvalue weighted by Gasteiger charge is -2.13. The number of nitrogens with one attached hydrogen (secondary N) is 2. The molecular weight excluding hydrogens is 216 g/mol. The Bertz CT molecular complexity index is 327. The van der Waals surface area contributed by atoms with Crippen molar-refractivity contribution in [3.8, 4) is 0 Å². The quantitative estimate of drug-likeness (QED) is 0.756. The molecule has 4 nitrogen and oxygen atoms in total. The van der Waals surface area contributed by atoms with E-state index in [2.05, 4.69) is 10.6 Å². The highest BCUT2D eigenvalue weighted by Gasteiger charge is 2.05. The van der Waals surface area contributed by atoms with Crippen molar-refractivity contribution in [1.29, 1.82) is 0 Å². The monoisotopic (exact) mass is 236 g/mol. The molecule has 0 aromatic heterocycles. The molecule has 0 aliphatic carbocycles. The van der Waals surface area contributed by atoms with Gasteiger partial charge in [0.1, 0.15) is 0 Å². The number of methoxy groups -OCH3 is 1. The van der Waals surface area contributed by atoms with Crippen LogP contribution in [0.5, 0.6) is 0 Å². The topological polar surface area (TPSA) is 50.4 Å². The standard InChI is InChI=1S/C13H20N2O2/c1-11(10-17-2)15-13(16)8-9-14-12-6-4-3-5-7-12/h3-7,11,14H,8-10H2,1-2H3,(H,15,16). The molecule has 0 aliphatic rings. The second kappa shape index (κ2) is 7.68. The molecule has 0 fully saturated rings. The lowest BCUT2D eigenvalue weighted by atomic mass is 10.3. The summed E-state index contributed by atoms with van der Waals surface area (Å²) in [5.41, 5.74) is 1.03. The second-order valence-corrected chi connectivity index (χ2v) is 3.97. The zero-order valence-corrected chi connectivity index (χ0v) is 10.4. The molecule has 1 amide bonds. The predicted molar refractivity (Wildman–Crippen MR) is 69.0 cm³/mol. The van der Waals surface area contributed by atoms with Crippen LogP contribution in [0.2, 0.25) is 0 Å². The Kier molecular flexibility index (Phi) is 6.10. The van der Waals surface area contributed by atoms with Crippen LogP contribution in [0.1, 0.15) is 13.3 Å². The summed E-state index contributed by atoms with van der Waals surface area (Å²) in [7, 11) is 1.62. The van der Waals surface area contributed by atoms with Crippen molar-refractivity contribution in [2.45, 2.75) is 19.4 Å². The van der Waals surface area contributed by atoms with Gasteiger partial charge in [-0.2, -0.15) is 0 Å². The molecule has 1 rings (SSSR count). The van der Waals surface area contributed by atoms with Crippen molar-refractivity contribution in [1.82, 2.24) is 5.32 Å². The van der Waals surface area contributed by atoms with Crippen LogP contribution in [0.4, 0.5) is 5.69 Å². The van der Waals surface area contributed by atoms with Crippen molar-refractivity contribution >= 4 is 11.6 Å². The minimum atomic E-state index is 0.0398. The molecule has 1 unspecified atom stereocenters. The third-order valence-corrected chi connectivity index (χ3v) is 2.28. The molecule has 0 bridgehead atoms. The molecule has 0 spiro atoms.